The lowest BCUT2D eigenvalue weighted by atomic mass is 10.2. The number of sulfone groups is 1. The van der Waals surface area contributed by atoms with Crippen molar-refractivity contribution in [2.75, 3.05) is 0 Å². The van der Waals surface area contributed by atoms with Crippen LogP contribution in [0.4, 0.5) is 0 Å². The van der Waals surface area contributed by atoms with Gasteiger partial charge in [0, 0.05) is 10.6 Å². The van der Waals surface area contributed by atoms with E-state index in [1.54, 1.807) is 36.4 Å². The number of aromatic nitrogens is 2. The normalized spacial score (nSPS) is 11.7. The second-order valence-corrected chi connectivity index (χ2v) is 7.97. The third kappa shape index (κ3) is 2.92. The molecular weight excluding hydrogens is 356 g/mol. The molecule has 1 aromatic heterocycles. The molecule has 0 spiro atoms. The largest absolute Gasteiger partial charge is 0.338 e. The molecule has 0 aliphatic carbocycles. The number of benzene rings is 3. The van der Waals surface area contributed by atoms with Crippen molar-refractivity contribution in [3.05, 3.63) is 77.8 Å². The van der Waals surface area contributed by atoms with Gasteiger partial charge < -0.3 is 4.98 Å². The highest BCUT2D eigenvalue weighted by molar-refractivity contribution is 7.91. The first-order valence-electron chi connectivity index (χ1n) is 7.60. The Morgan fingerprint density at radius 3 is 2.04 bits per heavy atom. The van der Waals surface area contributed by atoms with Crippen LogP contribution >= 0.6 is 11.6 Å². The van der Waals surface area contributed by atoms with Gasteiger partial charge in [-0.25, -0.2) is 13.4 Å². The van der Waals surface area contributed by atoms with Crippen LogP contribution in [0.25, 0.3) is 22.4 Å². The number of nitrogens with one attached hydrogen (secondary N) is 1. The van der Waals surface area contributed by atoms with Crippen LogP contribution in [0.5, 0.6) is 0 Å². The van der Waals surface area contributed by atoms with E-state index in [0.29, 0.717) is 10.8 Å². The lowest BCUT2D eigenvalue weighted by molar-refractivity contribution is 0.596. The van der Waals surface area contributed by atoms with Crippen molar-refractivity contribution in [2.24, 2.45) is 0 Å². The molecule has 3 aromatic carbocycles. The van der Waals surface area contributed by atoms with Gasteiger partial charge in [-0.3, -0.25) is 0 Å². The van der Waals surface area contributed by atoms with E-state index >= 15 is 0 Å². The van der Waals surface area contributed by atoms with Crippen LogP contribution in [0.2, 0.25) is 5.02 Å². The summed E-state index contributed by atoms with van der Waals surface area (Å²) in [5.74, 6) is 0.705. The highest BCUT2D eigenvalue weighted by atomic mass is 35.5. The first-order chi connectivity index (χ1) is 12.0. The Morgan fingerprint density at radius 2 is 1.40 bits per heavy atom. The maximum Gasteiger partial charge on any atom is 0.206 e. The van der Waals surface area contributed by atoms with Gasteiger partial charge in [-0.05, 0) is 60.7 Å². The lowest BCUT2D eigenvalue weighted by Gasteiger charge is -2.05. The summed E-state index contributed by atoms with van der Waals surface area (Å²) in [6.07, 6.45) is 0. The summed E-state index contributed by atoms with van der Waals surface area (Å²) < 4.78 is 25.3. The molecule has 1 N–H and O–H groups in total. The minimum atomic E-state index is -3.57. The Balaban J connectivity index is 1.71. The number of hydrogen-bond donors (Lipinski definition) is 1. The molecule has 0 aliphatic rings. The van der Waals surface area contributed by atoms with Crippen LogP contribution in [-0.2, 0) is 9.84 Å². The Hall–Kier alpha value is -2.63. The topological polar surface area (TPSA) is 62.8 Å². The fourth-order valence-electron chi connectivity index (χ4n) is 2.63. The zero-order valence-corrected chi connectivity index (χ0v) is 14.6. The monoisotopic (exact) mass is 368 g/mol. The maximum atomic E-state index is 12.7. The van der Waals surface area contributed by atoms with E-state index < -0.39 is 9.84 Å². The van der Waals surface area contributed by atoms with Gasteiger partial charge >= 0.3 is 0 Å². The minimum Gasteiger partial charge on any atom is -0.338 e. The van der Waals surface area contributed by atoms with Crippen molar-refractivity contribution in [3.63, 3.8) is 0 Å². The molecule has 0 atom stereocenters. The number of aromatic amines is 1. The van der Waals surface area contributed by atoms with E-state index in [4.69, 9.17) is 11.6 Å². The SMILES string of the molecule is O=S(=O)(c1ccc(Cl)cc1)c1ccc(-c2nc3ccccc3[nH]2)cc1. The smallest absolute Gasteiger partial charge is 0.206 e. The molecule has 25 heavy (non-hydrogen) atoms. The molecule has 0 aliphatic heterocycles. The quantitative estimate of drug-likeness (QED) is 0.569. The summed E-state index contributed by atoms with van der Waals surface area (Å²) in [4.78, 5) is 8.20. The molecule has 1 heterocycles. The molecule has 0 radical (unpaired) electrons. The van der Waals surface area contributed by atoms with Crippen LogP contribution in [0, 0.1) is 0 Å². The van der Waals surface area contributed by atoms with Crippen LogP contribution in [0.3, 0.4) is 0 Å². The number of rotatable bonds is 3. The first kappa shape index (κ1) is 15.9. The molecule has 0 saturated carbocycles. The van der Waals surface area contributed by atoms with Gasteiger partial charge in [-0.15, -0.1) is 0 Å². The van der Waals surface area contributed by atoms with Crippen molar-refractivity contribution in [1.82, 2.24) is 9.97 Å². The van der Waals surface area contributed by atoms with Gasteiger partial charge in [0.05, 0.1) is 20.8 Å². The fraction of sp³-hybridized carbons (Fsp3) is 0. The molecule has 0 fully saturated rings. The second kappa shape index (κ2) is 6.02. The van der Waals surface area contributed by atoms with E-state index in [0.717, 1.165) is 16.6 Å². The molecule has 0 bridgehead atoms. The third-order valence-electron chi connectivity index (χ3n) is 3.95. The molecule has 0 amide bonds. The lowest BCUT2D eigenvalue weighted by Crippen LogP contribution is -2.01. The van der Waals surface area contributed by atoms with Crippen molar-refractivity contribution in [1.29, 1.82) is 0 Å². The third-order valence-corrected chi connectivity index (χ3v) is 5.99. The standard InChI is InChI=1S/C19H13ClN2O2S/c20-14-7-11-16(12-8-14)25(23,24)15-9-5-13(6-10-15)19-21-17-3-1-2-4-18(17)22-19/h1-12H,(H,21,22). The van der Waals surface area contributed by atoms with Crippen LogP contribution in [-0.4, -0.2) is 18.4 Å². The summed E-state index contributed by atoms with van der Waals surface area (Å²) in [6.45, 7) is 0. The molecule has 4 rings (SSSR count). The van der Waals surface area contributed by atoms with Crippen molar-refractivity contribution in [2.45, 2.75) is 9.79 Å². The number of fused-ring (bicyclic) bond motifs is 1. The van der Waals surface area contributed by atoms with Gasteiger partial charge in [0.2, 0.25) is 9.84 Å². The highest BCUT2D eigenvalue weighted by Crippen LogP contribution is 2.26. The summed E-state index contributed by atoms with van der Waals surface area (Å²) in [6, 6.07) is 20.6. The van der Waals surface area contributed by atoms with E-state index in [-0.39, 0.29) is 9.79 Å². The minimum absolute atomic E-state index is 0.216. The van der Waals surface area contributed by atoms with E-state index in [1.807, 2.05) is 24.3 Å². The number of imidazole rings is 1. The van der Waals surface area contributed by atoms with Crippen LogP contribution in [0.1, 0.15) is 0 Å². The van der Waals surface area contributed by atoms with Gasteiger partial charge in [0.1, 0.15) is 5.82 Å². The molecule has 0 unspecified atom stereocenters. The molecule has 6 heteroatoms. The van der Waals surface area contributed by atoms with Crippen molar-refractivity contribution in [3.8, 4) is 11.4 Å². The predicted molar refractivity (Wildman–Crippen MR) is 98.4 cm³/mol. The van der Waals surface area contributed by atoms with Gasteiger partial charge in [-0.2, -0.15) is 0 Å². The molecular formula is C19H13ClN2O2S. The Kier molecular flexibility index (Phi) is 3.82. The predicted octanol–water partition coefficient (Wildman–Crippen LogP) is 4.72. The van der Waals surface area contributed by atoms with Crippen LogP contribution < -0.4 is 0 Å². The van der Waals surface area contributed by atoms with E-state index in [1.165, 1.54) is 12.1 Å². The first-order valence-corrected chi connectivity index (χ1v) is 9.46. The average molecular weight is 369 g/mol. The molecule has 0 saturated heterocycles. The van der Waals surface area contributed by atoms with Gasteiger partial charge in [0.15, 0.2) is 0 Å². The van der Waals surface area contributed by atoms with Gasteiger partial charge in [0.25, 0.3) is 0 Å². The van der Waals surface area contributed by atoms with E-state index in [9.17, 15) is 8.42 Å². The summed E-state index contributed by atoms with van der Waals surface area (Å²) in [5, 5.41) is 0.499. The van der Waals surface area contributed by atoms with Crippen molar-refractivity contribution < 1.29 is 8.42 Å². The highest BCUT2D eigenvalue weighted by Gasteiger charge is 2.17. The number of nitrogens with zero attached hydrogens (tertiary/aromatic N) is 1. The summed E-state index contributed by atoms with van der Waals surface area (Å²) >= 11 is 5.82. The molecule has 124 valence electrons. The Labute approximate surface area is 150 Å². The second-order valence-electron chi connectivity index (χ2n) is 5.58. The number of halogens is 1. The zero-order chi connectivity index (χ0) is 17.4. The number of hydrogen-bond acceptors (Lipinski definition) is 3. The van der Waals surface area contributed by atoms with Crippen molar-refractivity contribution >= 4 is 32.5 Å². The van der Waals surface area contributed by atoms with Crippen LogP contribution in [0.15, 0.2) is 82.6 Å². The fourth-order valence-corrected chi connectivity index (χ4v) is 4.02. The van der Waals surface area contributed by atoms with Gasteiger partial charge in [-0.1, -0.05) is 23.7 Å². The molecule has 4 aromatic rings. The summed E-state index contributed by atoms with van der Waals surface area (Å²) in [7, 11) is -3.57. The molecule has 4 nitrogen and oxygen atoms in total. The average Bonchev–Trinajstić information content (AvgIpc) is 3.06. The zero-order valence-electron chi connectivity index (χ0n) is 13.0. The Bertz CT molecular complexity index is 1120. The summed E-state index contributed by atoms with van der Waals surface area (Å²) in [5.41, 5.74) is 2.64. The Morgan fingerprint density at radius 1 is 0.800 bits per heavy atom. The number of para-hydroxylation sites is 2. The van der Waals surface area contributed by atoms with E-state index in [2.05, 4.69) is 9.97 Å². The maximum absolute atomic E-state index is 12.7. The number of H-pyrrole nitrogens is 1.